The molecule has 3 rings (SSSR count). The first kappa shape index (κ1) is 13.3. The van der Waals surface area contributed by atoms with Crippen molar-refractivity contribution in [3.05, 3.63) is 69.9 Å². The van der Waals surface area contributed by atoms with Crippen molar-refractivity contribution in [2.45, 2.75) is 6.92 Å². The highest BCUT2D eigenvalue weighted by Gasteiger charge is 2.12. The maximum Gasteiger partial charge on any atom is 0.338 e. The fourth-order valence-corrected chi connectivity index (χ4v) is 2.68. The van der Waals surface area contributed by atoms with Crippen LogP contribution in [0.1, 0.15) is 15.9 Å². The normalized spacial score (nSPS) is 10.8. The summed E-state index contributed by atoms with van der Waals surface area (Å²) >= 11 is 0. The van der Waals surface area contributed by atoms with Crippen molar-refractivity contribution >= 4 is 27.5 Å². The molecule has 0 aliphatic rings. The van der Waals surface area contributed by atoms with Gasteiger partial charge < -0.3 is 4.74 Å². The molecule has 0 heterocycles. The van der Waals surface area contributed by atoms with Crippen molar-refractivity contribution in [2.24, 2.45) is 0 Å². The topological polar surface area (TPSA) is 43.4 Å². The van der Waals surface area contributed by atoms with Gasteiger partial charge in [-0.05, 0) is 23.9 Å². The Morgan fingerprint density at radius 1 is 0.952 bits per heavy atom. The minimum Gasteiger partial charge on any atom is -0.465 e. The maximum absolute atomic E-state index is 12.8. The number of ether oxygens (including phenoxy) is 1. The van der Waals surface area contributed by atoms with Gasteiger partial charge in [0.25, 0.3) is 0 Å². The van der Waals surface area contributed by atoms with E-state index >= 15 is 0 Å². The third-order valence-electron chi connectivity index (χ3n) is 3.72. The summed E-state index contributed by atoms with van der Waals surface area (Å²) in [5, 5.41) is 2.70. The molecule has 0 unspecified atom stereocenters. The Hall–Kier alpha value is -2.68. The Morgan fingerprint density at radius 3 is 2.48 bits per heavy atom. The third kappa shape index (κ3) is 2.07. The number of rotatable bonds is 1. The lowest BCUT2D eigenvalue weighted by Crippen LogP contribution is -2.05. The average molecular weight is 278 g/mol. The van der Waals surface area contributed by atoms with Crippen molar-refractivity contribution < 1.29 is 9.53 Å². The number of hydrogen-bond acceptors (Lipinski definition) is 3. The number of aryl methyl sites for hydroxylation is 1. The van der Waals surface area contributed by atoms with Gasteiger partial charge in [0.2, 0.25) is 0 Å². The van der Waals surface area contributed by atoms with Gasteiger partial charge in [-0.1, -0.05) is 42.5 Å². The molecule has 3 aromatic rings. The van der Waals surface area contributed by atoms with Crippen LogP contribution in [0.5, 0.6) is 0 Å². The van der Waals surface area contributed by atoms with Gasteiger partial charge in [-0.2, -0.15) is 0 Å². The van der Waals surface area contributed by atoms with E-state index in [0.717, 1.165) is 10.9 Å². The standard InChI is InChI=1S/C18H14O3/c1-11-5-3-6-12-9-10-13-14(17(19)16(11)12)7-4-8-15(13)18(20)21-2/h3-10H,1-2H3. The molecule has 0 bridgehead atoms. The van der Waals surface area contributed by atoms with Crippen LogP contribution in [0.15, 0.2) is 53.3 Å². The summed E-state index contributed by atoms with van der Waals surface area (Å²) in [6.45, 7) is 1.92. The van der Waals surface area contributed by atoms with Crippen LogP contribution in [0.25, 0.3) is 21.5 Å². The number of carbonyl (C=O) groups is 1. The zero-order valence-electron chi connectivity index (χ0n) is 11.8. The van der Waals surface area contributed by atoms with Crippen LogP contribution in [-0.2, 0) is 4.74 Å². The predicted octanol–water partition coefficient (Wildman–Crippen LogP) is 3.45. The minimum atomic E-state index is -0.438. The van der Waals surface area contributed by atoms with Crippen molar-refractivity contribution in [2.75, 3.05) is 7.11 Å². The second kappa shape index (κ2) is 5.02. The van der Waals surface area contributed by atoms with E-state index in [0.29, 0.717) is 21.7 Å². The summed E-state index contributed by atoms with van der Waals surface area (Å²) in [6.07, 6.45) is 0. The zero-order chi connectivity index (χ0) is 15.0. The number of hydrogen-bond donors (Lipinski definition) is 0. The highest BCUT2D eigenvalue weighted by atomic mass is 16.5. The lowest BCUT2D eigenvalue weighted by Gasteiger charge is -2.01. The molecule has 0 N–H and O–H groups in total. The lowest BCUT2D eigenvalue weighted by atomic mass is 10.1. The largest absolute Gasteiger partial charge is 0.465 e. The second-order valence-electron chi connectivity index (χ2n) is 4.96. The first-order chi connectivity index (χ1) is 10.1. The fourth-order valence-electron chi connectivity index (χ4n) is 2.68. The second-order valence-corrected chi connectivity index (χ2v) is 4.96. The van der Waals surface area contributed by atoms with E-state index in [-0.39, 0.29) is 5.43 Å². The number of esters is 1. The van der Waals surface area contributed by atoms with Crippen LogP contribution in [-0.4, -0.2) is 13.1 Å². The molecule has 0 saturated carbocycles. The average Bonchev–Trinajstić information content (AvgIpc) is 2.65. The molecule has 0 aliphatic heterocycles. The van der Waals surface area contributed by atoms with E-state index in [9.17, 15) is 9.59 Å². The van der Waals surface area contributed by atoms with Crippen LogP contribution in [0.3, 0.4) is 0 Å². The number of methoxy groups -OCH3 is 1. The Bertz CT molecular complexity index is 926. The lowest BCUT2D eigenvalue weighted by molar-refractivity contribution is 0.0603. The van der Waals surface area contributed by atoms with Gasteiger partial charge in [0.15, 0.2) is 5.43 Å². The van der Waals surface area contributed by atoms with Crippen molar-refractivity contribution in [3.63, 3.8) is 0 Å². The van der Waals surface area contributed by atoms with Crippen LogP contribution in [0.2, 0.25) is 0 Å². The molecule has 0 fully saturated rings. The molecule has 0 spiro atoms. The summed E-state index contributed by atoms with van der Waals surface area (Å²) < 4.78 is 4.80. The summed E-state index contributed by atoms with van der Waals surface area (Å²) in [5.41, 5.74) is 1.28. The monoisotopic (exact) mass is 278 g/mol. The summed E-state index contributed by atoms with van der Waals surface area (Å²) in [7, 11) is 1.34. The van der Waals surface area contributed by atoms with E-state index in [1.807, 2.05) is 37.3 Å². The zero-order valence-corrected chi connectivity index (χ0v) is 11.8. The minimum absolute atomic E-state index is 0.0612. The SMILES string of the molecule is COC(=O)c1cccc2c(=O)c3c(C)cccc3ccc12. The molecular weight excluding hydrogens is 264 g/mol. The summed E-state index contributed by atoms with van der Waals surface area (Å²) in [6, 6.07) is 14.5. The highest BCUT2D eigenvalue weighted by Crippen LogP contribution is 2.21. The molecule has 3 heteroatoms. The third-order valence-corrected chi connectivity index (χ3v) is 3.72. The van der Waals surface area contributed by atoms with Gasteiger partial charge in [-0.3, -0.25) is 4.79 Å². The molecule has 0 saturated heterocycles. The summed E-state index contributed by atoms with van der Waals surface area (Å²) in [5.74, 6) is -0.438. The first-order valence-electron chi connectivity index (χ1n) is 6.67. The maximum atomic E-state index is 12.8. The van der Waals surface area contributed by atoms with Crippen molar-refractivity contribution in [1.29, 1.82) is 0 Å². The molecule has 0 aromatic heterocycles. The van der Waals surface area contributed by atoms with E-state index < -0.39 is 5.97 Å². The molecule has 3 nitrogen and oxygen atoms in total. The molecule has 0 aliphatic carbocycles. The van der Waals surface area contributed by atoms with Gasteiger partial charge in [-0.15, -0.1) is 0 Å². The van der Waals surface area contributed by atoms with Crippen LogP contribution in [0, 0.1) is 6.92 Å². The quantitative estimate of drug-likeness (QED) is 0.640. The Labute approximate surface area is 121 Å². The Kier molecular flexibility index (Phi) is 3.18. The van der Waals surface area contributed by atoms with E-state index in [1.165, 1.54) is 7.11 Å². The molecule has 0 amide bonds. The Morgan fingerprint density at radius 2 is 1.71 bits per heavy atom. The van der Waals surface area contributed by atoms with Gasteiger partial charge in [0.1, 0.15) is 0 Å². The first-order valence-corrected chi connectivity index (χ1v) is 6.67. The van der Waals surface area contributed by atoms with Gasteiger partial charge in [0.05, 0.1) is 12.7 Å². The molecule has 3 aromatic carbocycles. The predicted molar refractivity (Wildman–Crippen MR) is 83.8 cm³/mol. The van der Waals surface area contributed by atoms with Gasteiger partial charge in [0, 0.05) is 16.2 Å². The van der Waals surface area contributed by atoms with Crippen LogP contribution >= 0.6 is 0 Å². The van der Waals surface area contributed by atoms with Gasteiger partial charge >= 0.3 is 5.97 Å². The molecule has 21 heavy (non-hydrogen) atoms. The molecule has 0 atom stereocenters. The number of fused-ring (bicyclic) bond motifs is 2. The van der Waals surface area contributed by atoms with Crippen LogP contribution < -0.4 is 5.43 Å². The molecular formula is C18H14O3. The van der Waals surface area contributed by atoms with E-state index in [4.69, 9.17) is 4.74 Å². The van der Waals surface area contributed by atoms with Crippen molar-refractivity contribution in [1.82, 2.24) is 0 Å². The fraction of sp³-hybridized carbons (Fsp3) is 0.111. The van der Waals surface area contributed by atoms with Gasteiger partial charge in [-0.25, -0.2) is 4.79 Å². The van der Waals surface area contributed by atoms with Crippen molar-refractivity contribution in [3.8, 4) is 0 Å². The van der Waals surface area contributed by atoms with E-state index in [1.54, 1.807) is 18.2 Å². The highest BCUT2D eigenvalue weighted by molar-refractivity contribution is 6.06. The number of benzene rings is 2. The number of carbonyl (C=O) groups excluding carboxylic acids is 1. The van der Waals surface area contributed by atoms with E-state index in [2.05, 4.69) is 0 Å². The molecule has 0 radical (unpaired) electrons. The smallest absolute Gasteiger partial charge is 0.338 e. The van der Waals surface area contributed by atoms with Crippen LogP contribution in [0.4, 0.5) is 0 Å². The summed E-state index contributed by atoms with van der Waals surface area (Å²) in [4.78, 5) is 24.7. The molecule has 104 valence electrons. The Balaban J connectivity index is 2.57.